The summed E-state index contributed by atoms with van der Waals surface area (Å²) in [6, 6.07) is 77.1. The number of phenolic OH excluding ortho intramolecular Hbond substituents is 1. The van der Waals surface area contributed by atoms with E-state index in [1.807, 2.05) is 67.1 Å². The molecule has 4 aromatic heterocycles. The lowest BCUT2D eigenvalue weighted by atomic mass is 9.86. The first-order valence-electron chi connectivity index (χ1n) is 32.2. The lowest BCUT2D eigenvalue weighted by Gasteiger charge is -2.19. The number of pyridine rings is 4. The predicted molar refractivity (Wildman–Crippen MR) is 396 cm³/mol. The fourth-order valence-corrected chi connectivity index (χ4v) is 9.56. The topological polar surface area (TPSA) is 71.8 Å². The number of aromatic hydroxyl groups is 1. The lowest BCUT2D eigenvalue weighted by molar-refractivity contribution is 0.474. The fourth-order valence-electron chi connectivity index (χ4n) is 9.56. The van der Waals surface area contributed by atoms with Crippen LogP contribution in [0.3, 0.4) is 0 Å². The van der Waals surface area contributed by atoms with Crippen molar-refractivity contribution in [3.8, 4) is 5.75 Å². The van der Waals surface area contributed by atoms with Gasteiger partial charge in [0.05, 0.1) is 16.6 Å². The SMILES string of the molecule is CC(C)(C)c1cc2ccccc2cn1.CC(C)(C)c1ccc(O)cc1.CC(C)(C)c1ccc2ccccc2c1.CC(C)(C)c1ccc2ccccc2n1.CC(C)(C)c1ccc2ncccc2c1.CC(C)(C)c1ccccc1.CC(C)(C)c1cnc2ccccc2c1. The molecule has 4 heterocycles. The van der Waals surface area contributed by atoms with Crippen LogP contribution in [0.2, 0.25) is 0 Å². The molecule has 0 atom stereocenters. The van der Waals surface area contributed by atoms with Gasteiger partial charge in [-0.25, -0.2) is 0 Å². The number of rotatable bonds is 0. The maximum absolute atomic E-state index is 9.02. The van der Waals surface area contributed by atoms with Crippen LogP contribution in [0, 0.1) is 0 Å². The number of phenols is 1. The minimum Gasteiger partial charge on any atom is -0.508 e. The van der Waals surface area contributed by atoms with Gasteiger partial charge < -0.3 is 5.11 Å². The molecule has 5 heteroatoms. The van der Waals surface area contributed by atoms with Crippen molar-refractivity contribution in [1.29, 1.82) is 0 Å². The zero-order chi connectivity index (χ0) is 67.0. The van der Waals surface area contributed by atoms with Crippen molar-refractivity contribution in [1.82, 2.24) is 19.9 Å². The van der Waals surface area contributed by atoms with Crippen LogP contribution in [-0.2, 0) is 37.9 Å². The van der Waals surface area contributed by atoms with E-state index in [1.165, 1.54) is 65.5 Å². The maximum atomic E-state index is 9.02. The van der Waals surface area contributed by atoms with Gasteiger partial charge in [-0.15, -0.1) is 0 Å². The van der Waals surface area contributed by atoms with E-state index in [-0.39, 0.29) is 32.5 Å². The minimum absolute atomic E-state index is 0.129. The third-order valence-electron chi connectivity index (χ3n) is 15.7. The molecule has 0 radical (unpaired) electrons. The van der Waals surface area contributed by atoms with Gasteiger partial charge in [0.1, 0.15) is 5.75 Å². The summed E-state index contributed by atoms with van der Waals surface area (Å²) in [5, 5.41) is 17.8. The summed E-state index contributed by atoms with van der Waals surface area (Å²) < 4.78 is 0. The van der Waals surface area contributed by atoms with Gasteiger partial charge in [-0.1, -0.05) is 309 Å². The van der Waals surface area contributed by atoms with Gasteiger partial charge in [0, 0.05) is 62.4 Å². The Kier molecular flexibility index (Phi) is 24.0. The number of hydrogen-bond acceptors (Lipinski definition) is 5. The molecule has 1 N–H and O–H groups in total. The molecule has 0 unspecified atom stereocenters. The van der Waals surface area contributed by atoms with E-state index in [0.717, 1.165) is 27.9 Å². The van der Waals surface area contributed by atoms with E-state index in [0.29, 0.717) is 11.2 Å². The number of fused-ring (bicyclic) bond motifs is 5. The van der Waals surface area contributed by atoms with Gasteiger partial charge in [0.2, 0.25) is 0 Å². The molecule has 12 aromatic rings. The van der Waals surface area contributed by atoms with E-state index in [1.54, 1.807) is 12.1 Å². The standard InChI is InChI=1S/C14H16.4C13H15N.C10H14O.C10H14/c1-14(2,3)13-9-8-11-6-4-5-7-12(11)10-13;1-13(2,3)11-6-7-12-10(9-11)5-4-8-14-12;1-13(2,3)11-8-10-6-4-5-7-12(10)14-9-11;1-13(2,3)12-8-10-6-4-5-7-11(10)9-14-12;1-13(2,3)12-9-8-10-6-4-5-7-11(10)14-12;1-10(2,3)8-4-6-9(11)7-5-8;1-10(2,3)9-7-5-4-6-8-9/h4-10H,1-3H3;4*4-9H,1-3H3;4-7,11H,1-3H3;4-8H,1-3H3. The van der Waals surface area contributed by atoms with Crippen molar-refractivity contribution in [2.75, 3.05) is 0 Å². The van der Waals surface area contributed by atoms with Crippen LogP contribution >= 0.6 is 0 Å². The van der Waals surface area contributed by atoms with Gasteiger partial charge >= 0.3 is 0 Å². The Morgan fingerprint density at radius 1 is 0.231 bits per heavy atom. The Morgan fingerprint density at radius 3 is 1.14 bits per heavy atom. The lowest BCUT2D eigenvalue weighted by Crippen LogP contribution is -2.13. The summed E-state index contributed by atoms with van der Waals surface area (Å²) in [5.74, 6) is 0.331. The molecule has 0 spiro atoms. The van der Waals surface area contributed by atoms with Crippen LogP contribution in [-0.4, -0.2) is 25.0 Å². The summed E-state index contributed by atoms with van der Waals surface area (Å²) in [7, 11) is 0. The van der Waals surface area contributed by atoms with Crippen LogP contribution in [0.4, 0.5) is 0 Å². The highest BCUT2D eigenvalue weighted by molar-refractivity contribution is 5.84. The predicted octanol–water partition coefficient (Wildman–Crippen LogP) is 23.9. The van der Waals surface area contributed by atoms with Crippen LogP contribution < -0.4 is 0 Å². The molecule has 0 bridgehead atoms. The fraction of sp³-hybridized carbons (Fsp3) is 0.326. The highest BCUT2D eigenvalue weighted by atomic mass is 16.3. The maximum Gasteiger partial charge on any atom is 0.115 e. The molecule has 5 nitrogen and oxygen atoms in total. The van der Waals surface area contributed by atoms with Gasteiger partial charge in [-0.3, -0.25) is 19.9 Å². The molecular weight excluding hydrogens is 1100 g/mol. The highest BCUT2D eigenvalue weighted by Gasteiger charge is 2.19. The summed E-state index contributed by atoms with van der Waals surface area (Å²) in [6.07, 6.45) is 5.76. The summed E-state index contributed by atoms with van der Waals surface area (Å²) in [6.45, 7) is 46.3. The van der Waals surface area contributed by atoms with Crippen LogP contribution in [0.25, 0.3) is 54.3 Å². The van der Waals surface area contributed by atoms with Crippen molar-refractivity contribution in [2.24, 2.45) is 0 Å². The molecule has 12 rings (SSSR count). The second kappa shape index (κ2) is 30.5. The van der Waals surface area contributed by atoms with Gasteiger partial charge in [-0.2, -0.15) is 0 Å². The average molecular weight is 1210 g/mol. The second-order valence-corrected chi connectivity index (χ2v) is 30.9. The van der Waals surface area contributed by atoms with E-state index in [2.05, 4.69) is 329 Å². The normalized spacial score (nSPS) is 11.8. The summed E-state index contributed by atoms with van der Waals surface area (Å²) in [4.78, 5) is 17.9. The van der Waals surface area contributed by atoms with E-state index < -0.39 is 0 Å². The first-order valence-corrected chi connectivity index (χ1v) is 32.2. The third-order valence-corrected chi connectivity index (χ3v) is 15.7. The Balaban J connectivity index is 0.000000169. The first-order chi connectivity index (χ1) is 42.5. The number of para-hydroxylation sites is 2. The molecule has 91 heavy (non-hydrogen) atoms. The first kappa shape index (κ1) is 71.5. The van der Waals surface area contributed by atoms with Crippen molar-refractivity contribution in [2.45, 2.75) is 183 Å². The number of nitrogens with zero attached hydrogens (tertiary/aromatic N) is 4. The molecule has 0 aliphatic carbocycles. The van der Waals surface area contributed by atoms with E-state index in [9.17, 15) is 0 Å². The van der Waals surface area contributed by atoms with Gasteiger partial charge in [0.25, 0.3) is 0 Å². The molecule has 474 valence electrons. The quantitative estimate of drug-likeness (QED) is 0.164. The van der Waals surface area contributed by atoms with Crippen molar-refractivity contribution in [3.05, 3.63) is 282 Å². The molecule has 0 aliphatic heterocycles. The van der Waals surface area contributed by atoms with Crippen molar-refractivity contribution in [3.63, 3.8) is 0 Å². The van der Waals surface area contributed by atoms with Gasteiger partial charge in [-0.05, 0) is 132 Å². The molecule has 8 aromatic carbocycles. The number of hydrogen-bond donors (Lipinski definition) is 1. The van der Waals surface area contributed by atoms with E-state index >= 15 is 0 Å². The highest BCUT2D eigenvalue weighted by Crippen LogP contribution is 2.30. The molecule has 0 aliphatic rings. The van der Waals surface area contributed by atoms with Crippen LogP contribution in [0.15, 0.2) is 243 Å². The number of benzene rings is 8. The monoisotopic (exact) mass is 1210 g/mol. The van der Waals surface area contributed by atoms with Crippen LogP contribution in [0.1, 0.15) is 185 Å². The second-order valence-electron chi connectivity index (χ2n) is 30.9. The number of aromatic nitrogens is 4. The Labute approximate surface area is 547 Å². The Bertz CT molecular complexity index is 3690. The molecule has 0 saturated heterocycles. The average Bonchev–Trinajstić information content (AvgIpc) is 2.56. The molecular formula is C86H104N4O. The largest absolute Gasteiger partial charge is 0.508 e. The van der Waals surface area contributed by atoms with Crippen molar-refractivity contribution < 1.29 is 5.11 Å². The van der Waals surface area contributed by atoms with Crippen molar-refractivity contribution >= 4 is 54.3 Å². The minimum atomic E-state index is 0.129. The van der Waals surface area contributed by atoms with E-state index in [4.69, 9.17) is 5.11 Å². The molecule has 0 saturated carbocycles. The zero-order valence-electron chi connectivity index (χ0n) is 58.8. The van der Waals surface area contributed by atoms with Crippen LogP contribution in [0.5, 0.6) is 5.75 Å². The summed E-state index contributed by atoms with van der Waals surface area (Å²) >= 11 is 0. The zero-order valence-corrected chi connectivity index (χ0v) is 58.8. The smallest absolute Gasteiger partial charge is 0.115 e. The van der Waals surface area contributed by atoms with Gasteiger partial charge in [0.15, 0.2) is 0 Å². The molecule has 0 amide bonds. The third kappa shape index (κ3) is 22.4. The summed E-state index contributed by atoms with van der Waals surface area (Å²) in [5.41, 5.74) is 13.6. The molecule has 0 fully saturated rings. The Morgan fingerprint density at radius 2 is 0.615 bits per heavy atom. The Hall–Kier alpha value is -8.54.